The molecule has 1 aliphatic carbocycles. The molecule has 5 rings (SSSR count). The SMILES string of the molecule is NC1CCCCCC1.O=C1COc2ccc(CNC(=O)c3ncnc4c(C(=O)O)c[nH]c34)cc2N1. The van der Waals surface area contributed by atoms with Crippen molar-refractivity contribution < 1.29 is 24.2 Å². The zero-order chi connectivity index (χ0) is 24.8. The van der Waals surface area contributed by atoms with Crippen LogP contribution in [0.2, 0.25) is 0 Å². The van der Waals surface area contributed by atoms with E-state index >= 15 is 0 Å². The number of fused-ring (bicyclic) bond motifs is 2. The zero-order valence-corrected chi connectivity index (χ0v) is 19.2. The first-order valence-corrected chi connectivity index (χ1v) is 11.6. The summed E-state index contributed by atoms with van der Waals surface area (Å²) in [6, 6.07) is 5.71. The molecule has 0 atom stereocenters. The number of aromatic amines is 1. The largest absolute Gasteiger partial charge is 0.482 e. The lowest BCUT2D eigenvalue weighted by molar-refractivity contribution is -0.118. The second-order valence-corrected chi connectivity index (χ2v) is 8.56. The number of hydrogen-bond donors (Lipinski definition) is 5. The van der Waals surface area contributed by atoms with Crippen LogP contribution in [0.25, 0.3) is 11.0 Å². The Morgan fingerprint density at radius 2 is 1.94 bits per heavy atom. The number of nitrogens with two attached hydrogens (primary N) is 1. The Morgan fingerprint density at radius 3 is 2.69 bits per heavy atom. The fourth-order valence-corrected chi connectivity index (χ4v) is 4.09. The molecular formula is C24H28N6O5. The number of carbonyl (C=O) groups excluding carboxylic acids is 2. The van der Waals surface area contributed by atoms with Gasteiger partial charge in [0.2, 0.25) is 0 Å². The summed E-state index contributed by atoms with van der Waals surface area (Å²) >= 11 is 0. The maximum Gasteiger partial charge on any atom is 0.339 e. The highest BCUT2D eigenvalue weighted by atomic mass is 16.5. The Hall–Kier alpha value is -3.99. The highest BCUT2D eigenvalue weighted by Gasteiger charge is 2.20. The van der Waals surface area contributed by atoms with E-state index in [-0.39, 0.29) is 41.3 Å². The number of rotatable bonds is 4. The summed E-state index contributed by atoms with van der Waals surface area (Å²) in [5.41, 5.74) is 7.44. The van der Waals surface area contributed by atoms with Gasteiger partial charge in [-0.15, -0.1) is 0 Å². The monoisotopic (exact) mass is 480 g/mol. The van der Waals surface area contributed by atoms with Gasteiger partial charge in [-0.2, -0.15) is 0 Å². The number of H-pyrrole nitrogens is 1. The van der Waals surface area contributed by atoms with Gasteiger partial charge in [-0.1, -0.05) is 31.7 Å². The Morgan fingerprint density at radius 1 is 1.17 bits per heavy atom. The number of amides is 2. The number of aromatic carboxylic acids is 1. The molecule has 35 heavy (non-hydrogen) atoms. The van der Waals surface area contributed by atoms with E-state index in [0.29, 0.717) is 17.5 Å². The summed E-state index contributed by atoms with van der Waals surface area (Å²) in [5.74, 6) is -1.31. The number of aromatic nitrogens is 3. The molecule has 0 bridgehead atoms. The number of hydrogen-bond acceptors (Lipinski definition) is 7. The van der Waals surface area contributed by atoms with Gasteiger partial charge < -0.3 is 31.2 Å². The molecule has 11 nitrogen and oxygen atoms in total. The predicted octanol–water partition coefficient (Wildman–Crippen LogP) is 2.58. The average molecular weight is 481 g/mol. The lowest BCUT2D eigenvalue weighted by Gasteiger charge is -2.18. The summed E-state index contributed by atoms with van der Waals surface area (Å²) in [5, 5.41) is 14.6. The van der Waals surface area contributed by atoms with Gasteiger partial charge in [-0.3, -0.25) is 9.59 Å². The van der Waals surface area contributed by atoms with Crippen LogP contribution in [0.5, 0.6) is 5.75 Å². The number of carboxylic acids is 1. The van der Waals surface area contributed by atoms with Crippen molar-refractivity contribution in [2.75, 3.05) is 11.9 Å². The van der Waals surface area contributed by atoms with Crippen LogP contribution in [0.3, 0.4) is 0 Å². The molecule has 6 N–H and O–H groups in total. The second-order valence-electron chi connectivity index (χ2n) is 8.56. The van der Waals surface area contributed by atoms with E-state index in [1.165, 1.54) is 44.7 Å². The number of anilines is 1. The summed E-state index contributed by atoms with van der Waals surface area (Å²) < 4.78 is 5.29. The second kappa shape index (κ2) is 11.0. The first kappa shape index (κ1) is 24.1. The molecule has 1 saturated carbocycles. The minimum absolute atomic E-state index is 0.0265. The Kier molecular flexibility index (Phi) is 7.56. The summed E-state index contributed by atoms with van der Waals surface area (Å²) in [7, 11) is 0. The van der Waals surface area contributed by atoms with Crippen molar-refractivity contribution in [2.24, 2.45) is 5.73 Å². The van der Waals surface area contributed by atoms with Gasteiger partial charge in [-0.05, 0) is 30.5 Å². The third-order valence-electron chi connectivity index (χ3n) is 5.94. The van der Waals surface area contributed by atoms with Crippen molar-refractivity contribution in [1.82, 2.24) is 20.3 Å². The third kappa shape index (κ3) is 5.93. The van der Waals surface area contributed by atoms with E-state index in [9.17, 15) is 14.4 Å². The van der Waals surface area contributed by atoms with Gasteiger partial charge in [0.1, 0.15) is 23.2 Å². The fraction of sp³-hybridized carbons (Fsp3) is 0.375. The molecule has 11 heteroatoms. The molecule has 2 aromatic heterocycles. The highest BCUT2D eigenvalue weighted by Crippen LogP contribution is 2.28. The van der Waals surface area contributed by atoms with Gasteiger partial charge in [-0.25, -0.2) is 14.8 Å². The van der Waals surface area contributed by atoms with Crippen molar-refractivity contribution in [1.29, 1.82) is 0 Å². The van der Waals surface area contributed by atoms with Crippen LogP contribution in [-0.2, 0) is 11.3 Å². The normalized spacial score (nSPS) is 15.6. The van der Waals surface area contributed by atoms with E-state index < -0.39 is 11.9 Å². The minimum Gasteiger partial charge on any atom is -0.482 e. The number of ether oxygens (including phenoxy) is 1. The van der Waals surface area contributed by atoms with Gasteiger partial charge in [0.05, 0.1) is 11.2 Å². The summed E-state index contributed by atoms with van der Waals surface area (Å²) in [6.45, 7) is 0.154. The van der Waals surface area contributed by atoms with Crippen LogP contribution < -0.4 is 21.1 Å². The molecule has 184 valence electrons. The van der Waals surface area contributed by atoms with Crippen LogP contribution in [0.1, 0.15) is 64.9 Å². The molecule has 0 radical (unpaired) electrons. The first-order valence-electron chi connectivity index (χ1n) is 11.6. The molecule has 3 aromatic rings. The van der Waals surface area contributed by atoms with Gasteiger partial charge in [0, 0.05) is 18.8 Å². The molecule has 0 saturated heterocycles. The van der Waals surface area contributed by atoms with E-state index in [1.807, 2.05) is 0 Å². The van der Waals surface area contributed by atoms with Crippen LogP contribution in [0.4, 0.5) is 5.69 Å². The van der Waals surface area contributed by atoms with Crippen molar-refractivity contribution in [3.63, 3.8) is 0 Å². The first-order chi connectivity index (χ1) is 16.9. The maximum absolute atomic E-state index is 12.5. The Bertz CT molecular complexity index is 1230. The van der Waals surface area contributed by atoms with Crippen LogP contribution >= 0.6 is 0 Å². The number of carboxylic acid groups (broad SMARTS) is 1. The van der Waals surface area contributed by atoms with Crippen molar-refractivity contribution in [3.05, 3.63) is 47.5 Å². The lowest BCUT2D eigenvalue weighted by atomic mass is 10.1. The van der Waals surface area contributed by atoms with E-state index in [0.717, 1.165) is 11.9 Å². The molecule has 1 aliphatic heterocycles. The Labute approximate surface area is 201 Å². The van der Waals surface area contributed by atoms with Crippen LogP contribution in [0, 0.1) is 0 Å². The number of carbonyl (C=O) groups is 3. The highest BCUT2D eigenvalue weighted by molar-refractivity contribution is 6.08. The number of benzene rings is 1. The smallest absolute Gasteiger partial charge is 0.339 e. The molecule has 2 aliphatic rings. The summed E-state index contributed by atoms with van der Waals surface area (Å²) in [4.78, 5) is 45.7. The average Bonchev–Trinajstić information content (AvgIpc) is 3.15. The minimum atomic E-state index is -1.15. The standard InChI is InChI=1S/C17H13N5O5.C7H15N/c23-12-6-27-11-2-1-8(3-10(11)22-12)4-19-16(24)15-14-13(20-7-21-15)9(5-18-14)17(25)26;8-7-5-3-1-2-4-6-7/h1-3,5,7,18H,4,6H2,(H,19,24)(H,22,23)(H,25,26);7H,1-6,8H2. The molecule has 2 amide bonds. The third-order valence-corrected chi connectivity index (χ3v) is 5.94. The number of nitrogens with one attached hydrogen (secondary N) is 3. The Balaban J connectivity index is 0.000000308. The maximum atomic E-state index is 12.5. The van der Waals surface area contributed by atoms with Gasteiger partial charge in [0.15, 0.2) is 12.3 Å². The van der Waals surface area contributed by atoms with Crippen molar-refractivity contribution in [2.45, 2.75) is 51.1 Å². The number of nitrogens with zero attached hydrogens (tertiary/aromatic N) is 2. The van der Waals surface area contributed by atoms with E-state index in [4.69, 9.17) is 15.6 Å². The van der Waals surface area contributed by atoms with Gasteiger partial charge in [0.25, 0.3) is 11.8 Å². The van der Waals surface area contributed by atoms with E-state index in [1.54, 1.807) is 18.2 Å². The van der Waals surface area contributed by atoms with E-state index in [2.05, 4.69) is 25.6 Å². The predicted molar refractivity (Wildman–Crippen MR) is 128 cm³/mol. The molecule has 1 aromatic carbocycles. The van der Waals surface area contributed by atoms with Crippen LogP contribution in [0.15, 0.2) is 30.7 Å². The van der Waals surface area contributed by atoms with Gasteiger partial charge >= 0.3 is 5.97 Å². The molecule has 1 fully saturated rings. The molecule has 0 spiro atoms. The van der Waals surface area contributed by atoms with Crippen molar-refractivity contribution in [3.8, 4) is 5.75 Å². The van der Waals surface area contributed by atoms with Crippen molar-refractivity contribution >= 4 is 34.5 Å². The molecule has 3 heterocycles. The summed E-state index contributed by atoms with van der Waals surface area (Å²) in [6.07, 6.45) is 10.5. The zero-order valence-electron chi connectivity index (χ0n) is 19.2. The van der Waals surface area contributed by atoms with Crippen LogP contribution in [-0.4, -0.2) is 50.5 Å². The lowest BCUT2D eigenvalue weighted by Crippen LogP contribution is -2.26. The molecular weight excluding hydrogens is 452 g/mol. The molecule has 0 unspecified atom stereocenters. The fourth-order valence-electron chi connectivity index (χ4n) is 4.09. The topological polar surface area (TPSA) is 172 Å². The quantitative estimate of drug-likeness (QED) is 0.354.